The third-order valence-electron chi connectivity index (χ3n) is 5.60. The predicted molar refractivity (Wildman–Crippen MR) is 101 cm³/mol. The van der Waals surface area contributed by atoms with Crippen LogP contribution in [0.4, 0.5) is 5.82 Å². The number of carbonyl (C=O) groups excluding carboxylic acids is 1. The lowest BCUT2D eigenvalue weighted by atomic mass is 10.1. The second-order valence-electron chi connectivity index (χ2n) is 7.53. The van der Waals surface area contributed by atoms with Crippen molar-refractivity contribution in [1.29, 1.82) is 0 Å². The second kappa shape index (κ2) is 5.94. The van der Waals surface area contributed by atoms with Gasteiger partial charge in [0.2, 0.25) is 5.56 Å². The maximum atomic E-state index is 12.9. The lowest BCUT2D eigenvalue weighted by Gasteiger charge is -2.25. The van der Waals surface area contributed by atoms with E-state index >= 15 is 0 Å². The number of aromatic amines is 2. The maximum absolute atomic E-state index is 12.9. The molecule has 8 nitrogen and oxygen atoms in total. The number of rotatable bonds is 2. The molecule has 2 fully saturated rings. The molecular formula is C19H20N6O2. The van der Waals surface area contributed by atoms with Crippen LogP contribution in [0.5, 0.6) is 0 Å². The van der Waals surface area contributed by atoms with Crippen molar-refractivity contribution in [3.8, 4) is 0 Å². The number of pyridine rings is 1. The smallest absolute Gasteiger partial charge is 0.255 e. The van der Waals surface area contributed by atoms with Crippen LogP contribution in [0.1, 0.15) is 23.2 Å². The quantitative estimate of drug-likeness (QED) is 0.716. The Bertz CT molecular complexity index is 1050. The number of hydrogen-bond acceptors (Lipinski definition) is 5. The highest BCUT2D eigenvalue weighted by atomic mass is 16.2. The molecule has 0 radical (unpaired) electrons. The van der Waals surface area contributed by atoms with Gasteiger partial charge in [-0.2, -0.15) is 0 Å². The van der Waals surface area contributed by atoms with E-state index in [9.17, 15) is 9.59 Å². The lowest BCUT2D eigenvalue weighted by Crippen LogP contribution is -2.36. The highest BCUT2D eigenvalue weighted by Crippen LogP contribution is 2.48. The summed E-state index contributed by atoms with van der Waals surface area (Å²) in [5, 5.41) is 1.01. The molecule has 8 heteroatoms. The van der Waals surface area contributed by atoms with Crippen LogP contribution in [0.25, 0.3) is 11.0 Å². The molecule has 0 bridgehead atoms. The summed E-state index contributed by atoms with van der Waals surface area (Å²) in [5.74, 6) is 0.889. The van der Waals surface area contributed by atoms with E-state index in [-0.39, 0.29) is 16.9 Å². The monoisotopic (exact) mass is 364 g/mol. The molecule has 5 rings (SSSR count). The molecule has 1 saturated carbocycles. The molecule has 1 saturated heterocycles. The van der Waals surface area contributed by atoms with Crippen LogP contribution >= 0.6 is 0 Å². The first-order chi connectivity index (χ1) is 13.1. The summed E-state index contributed by atoms with van der Waals surface area (Å²) in [7, 11) is 0. The van der Waals surface area contributed by atoms with Crippen molar-refractivity contribution >= 4 is 22.8 Å². The van der Waals surface area contributed by atoms with Gasteiger partial charge in [-0.15, -0.1) is 0 Å². The number of hydrogen-bond donors (Lipinski definition) is 2. The Morgan fingerprint density at radius 3 is 2.74 bits per heavy atom. The van der Waals surface area contributed by atoms with Gasteiger partial charge in [-0.05, 0) is 25.0 Å². The van der Waals surface area contributed by atoms with Gasteiger partial charge in [0.05, 0.1) is 10.9 Å². The van der Waals surface area contributed by atoms with Crippen molar-refractivity contribution in [3.05, 3.63) is 52.8 Å². The topological polar surface area (TPSA) is 98.0 Å². The van der Waals surface area contributed by atoms with Crippen molar-refractivity contribution in [2.45, 2.75) is 12.8 Å². The molecule has 138 valence electrons. The van der Waals surface area contributed by atoms with E-state index in [0.717, 1.165) is 42.8 Å². The van der Waals surface area contributed by atoms with Crippen molar-refractivity contribution in [1.82, 2.24) is 24.8 Å². The zero-order valence-electron chi connectivity index (χ0n) is 14.8. The number of nitrogens with zero attached hydrogens (tertiary/aromatic N) is 4. The number of amides is 1. The molecule has 0 unspecified atom stereocenters. The standard InChI is InChI=1S/C19H20N6O2/c26-15-2-1-13(9-21-15)18(27)25-8-7-24(10-19(11-25)4-5-19)17-14-3-6-20-16(14)22-12-23-17/h1-3,6,9,12H,4-5,7-8,10-11H2,(H,21,26)(H,20,22,23). The van der Waals surface area contributed by atoms with Gasteiger partial charge in [0, 0.05) is 50.1 Å². The van der Waals surface area contributed by atoms with E-state index in [1.165, 1.54) is 12.3 Å². The summed E-state index contributed by atoms with van der Waals surface area (Å²) in [4.78, 5) is 42.9. The number of H-pyrrole nitrogens is 2. The van der Waals surface area contributed by atoms with Crippen LogP contribution in [0.2, 0.25) is 0 Å². The Balaban J connectivity index is 1.43. The van der Waals surface area contributed by atoms with Gasteiger partial charge in [0.1, 0.15) is 17.8 Å². The fourth-order valence-corrected chi connectivity index (χ4v) is 3.94. The van der Waals surface area contributed by atoms with E-state index in [0.29, 0.717) is 18.7 Å². The first kappa shape index (κ1) is 16.0. The SMILES string of the molecule is O=C(c1ccc(=O)[nH]c1)N1CCN(c2ncnc3[nH]ccc23)CC2(CC2)C1. The van der Waals surface area contributed by atoms with E-state index < -0.39 is 0 Å². The first-order valence-corrected chi connectivity index (χ1v) is 9.15. The van der Waals surface area contributed by atoms with Crippen molar-refractivity contribution < 1.29 is 4.79 Å². The minimum atomic E-state index is -0.202. The van der Waals surface area contributed by atoms with Gasteiger partial charge < -0.3 is 19.8 Å². The van der Waals surface area contributed by atoms with E-state index in [1.54, 1.807) is 12.4 Å². The summed E-state index contributed by atoms with van der Waals surface area (Å²) in [6.07, 6.45) is 7.18. The Hall–Kier alpha value is -3.16. The van der Waals surface area contributed by atoms with Crippen LogP contribution in [-0.4, -0.2) is 56.9 Å². The predicted octanol–water partition coefficient (Wildman–Crippen LogP) is 1.39. The van der Waals surface area contributed by atoms with Crippen LogP contribution in [-0.2, 0) is 0 Å². The summed E-state index contributed by atoms with van der Waals surface area (Å²) in [6, 6.07) is 4.99. The van der Waals surface area contributed by atoms with E-state index in [1.807, 2.05) is 17.2 Å². The number of anilines is 1. The molecule has 2 aliphatic rings. The van der Waals surface area contributed by atoms with Gasteiger partial charge >= 0.3 is 0 Å². The Labute approximate surface area is 155 Å². The third kappa shape index (κ3) is 2.87. The summed E-state index contributed by atoms with van der Waals surface area (Å²) >= 11 is 0. The van der Waals surface area contributed by atoms with Crippen molar-refractivity contribution in [2.75, 3.05) is 31.1 Å². The fourth-order valence-electron chi connectivity index (χ4n) is 3.94. The minimum absolute atomic E-state index is 0.0335. The van der Waals surface area contributed by atoms with Gasteiger partial charge in [0.25, 0.3) is 5.91 Å². The Morgan fingerprint density at radius 2 is 1.96 bits per heavy atom. The largest absolute Gasteiger partial charge is 0.354 e. The van der Waals surface area contributed by atoms with Crippen LogP contribution < -0.4 is 10.5 Å². The highest BCUT2D eigenvalue weighted by molar-refractivity contribution is 5.94. The molecule has 1 spiro atoms. The molecule has 3 aromatic rings. The maximum Gasteiger partial charge on any atom is 0.255 e. The van der Waals surface area contributed by atoms with Gasteiger partial charge in [0.15, 0.2) is 0 Å². The molecule has 3 aromatic heterocycles. The lowest BCUT2D eigenvalue weighted by molar-refractivity contribution is 0.0740. The summed E-state index contributed by atoms with van der Waals surface area (Å²) in [5.41, 5.74) is 1.28. The molecule has 2 N–H and O–H groups in total. The average molecular weight is 364 g/mol. The van der Waals surface area contributed by atoms with Gasteiger partial charge in [-0.25, -0.2) is 9.97 Å². The molecule has 4 heterocycles. The number of nitrogens with one attached hydrogen (secondary N) is 2. The normalized spacial score (nSPS) is 18.7. The number of fused-ring (bicyclic) bond motifs is 1. The van der Waals surface area contributed by atoms with Crippen LogP contribution in [0, 0.1) is 5.41 Å². The number of aromatic nitrogens is 4. The Kier molecular flexibility index (Phi) is 3.53. The fraction of sp³-hybridized carbons (Fsp3) is 0.368. The Morgan fingerprint density at radius 1 is 1.07 bits per heavy atom. The molecule has 1 amide bonds. The zero-order valence-corrected chi connectivity index (χ0v) is 14.8. The summed E-state index contributed by atoms with van der Waals surface area (Å²) in [6.45, 7) is 2.96. The first-order valence-electron chi connectivity index (χ1n) is 9.15. The van der Waals surface area contributed by atoms with Gasteiger partial charge in [-0.3, -0.25) is 9.59 Å². The minimum Gasteiger partial charge on any atom is -0.354 e. The molecule has 27 heavy (non-hydrogen) atoms. The van der Waals surface area contributed by atoms with E-state index in [4.69, 9.17) is 0 Å². The second-order valence-corrected chi connectivity index (χ2v) is 7.53. The number of carbonyl (C=O) groups is 1. The third-order valence-corrected chi connectivity index (χ3v) is 5.60. The average Bonchev–Trinajstić information content (AvgIpc) is 3.32. The van der Waals surface area contributed by atoms with Gasteiger partial charge in [-0.1, -0.05) is 0 Å². The molecule has 1 aliphatic carbocycles. The molecule has 0 aromatic carbocycles. The van der Waals surface area contributed by atoms with Crippen LogP contribution in [0.3, 0.4) is 0 Å². The zero-order chi connectivity index (χ0) is 18.4. The van der Waals surface area contributed by atoms with Crippen LogP contribution in [0.15, 0.2) is 41.7 Å². The molecule has 1 aliphatic heterocycles. The summed E-state index contributed by atoms with van der Waals surface area (Å²) < 4.78 is 0. The highest BCUT2D eigenvalue weighted by Gasteiger charge is 2.48. The van der Waals surface area contributed by atoms with Crippen molar-refractivity contribution in [2.24, 2.45) is 5.41 Å². The molecule has 0 atom stereocenters. The van der Waals surface area contributed by atoms with Crippen molar-refractivity contribution in [3.63, 3.8) is 0 Å². The molecular weight excluding hydrogens is 344 g/mol. The van der Waals surface area contributed by atoms with E-state index in [2.05, 4.69) is 24.8 Å².